The number of ether oxygens (including phenoxy) is 7. The van der Waals surface area contributed by atoms with Gasteiger partial charge >= 0.3 is 11.9 Å². The van der Waals surface area contributed by atoms with E-state index in [0.29, 0.717) is 12.8 Å². The lowest BCUT2D eigenvalue weighted by Gasteiger charge is -2.39. The van der Waals surface area contributed by atoms with Gasteiger partial charge in [0.15, 0.2) is 77.0 Å². The molecule has 8 aliphatic heterocycles. The first-order valence-electron chi connectivity index (χ1n) is 38.6. The van der Waals surface area contributed by atoms with Crippen molar-refractivity contribution in [3.05, 3.63) is 162 Å². The number of likely N-dealkylation sites (N-methyl/N-ethyl adjacent to an activating group) is 1. The molecule has 660 valence electrons. The Bertz CT molecular complexity index is 5440. The highest BCUT2D eigenvalue weighted by atomic mass is 35.5. The summed E-state index contributed by atoms with van der Waals surface area (Å²) in [5.41, 5.74) is -4.29. The van der Waals surface area contributed by atoms with Crippen molar-refractivity contribution in [3.63, 3.8) is 0 Å². The van der Waals surface area contributed by atoms with Crippen LogP contribution in [0.5, 0.6) is 69.0 Å². The zero-order valence-corrected chi connectivity index (χ0v) is 68.1. The summed E-state index contributed by atoms with van der Waals surface area (Å²) in [6, 6.07) is -0.842. The maximum Gasteiger partial charge on any atom is 0.335 e. The predicted octanol–water partition coefficient (Wildman–Crippen LogP) is 10.6. The Hall–Kier alpha value is -11.3. The molecule has 0 radical (unpaired) electrons. The van der Waals surface area contributed by atoms with Gasteiger partial charge in [-0.15, -0.1) is 0 Å². The van der Waals surface area contributed by atoms with Crippen molar-refractivity contribution in [1.29, 1.82) is 0 Å². The number of aliphatic hydroxyl groups excluding tert-OH is 15. The maximum atomic E-state index is 13.9. The van der Waals surface area contributed by atoms with Crippen LogP contribution in [-0.2, 0) is 19.1 Å². The van der Waals surface area contributed by atoms with Crippen LogP contribution in [0.2, 0.25) is 20.1 Å². The lowest BCUT2D eigenvalue weighted by Crippen LogP contribution is -2.60. The average molecular weight is 1800 g/mol. The number of rotatable bonds is 18. The maximum absolute atomic E-state index is 13.9. The van der Waals surface area contributed by atoms with Gasteiger partial charge < -0.3 is 146 Å². The van der Waals surface area contributed by atoms with Crippen LogP contribution in [0.1, 0.15) is 146 Å². The third-order valence-electron chi connectivity index (χ3n) is 21.3. The van der Waals surface area contributed by atoms with E-state index in [1.807, 2.05) is 0 Å². The van der Waals surface area contributed by atoms with Gasteiger partial charge in [0.25, 0.3) is 0 Å². The number of hydrogen-bond donors (Lipinski definition) is 22. The van der Waals surface area contributed by atoms with Gasteiger partial charge in [-0.25, -0.2) is 44.5 Å². The molecule has 7 aromatic carbocycles. The first-order valence-corrected chi connectivity index (χ1v) is 40.1. The molecular formula is C82H84Cl4N8O30. The number of hydrogen-bond acceptors (Lipinski definition) is 29. The van der Waals surface area contributed by atoms with Crippen LogP contribution in [-0.4, -0.2) is 248 Å². The molecule has 0 saturated carbocycles. The van der Waals surface area contributed by atoms with E-state index >= 15 is 0 Å². The molecule has 42 heteroatoms. The van der Waals surface area contributed by atoms with Crippen LogP contribution < -0.4 is 29.0 Å². The van der Waals surface area contributed by atoms with Crippen LogP contribution in [0.25, 0.3) is 11.1 Å². The van der Waals surface area contributed by atoms with Crippen molar-refractivity contribution in [2.24, 2.45) is 34.9 Å². The molecule has 7 aromatic rings. The number of unbranched alkanes of at least 4 members (excludes halogenated alkanes) is 7. The minimum Gasteiger partial charge on any atom is -0.508 e. The molecule has 38 nitrogen and oxygen atoms in total. The molecule has 22 N–H and O–H groups in total. The van der Waals surface area contributed by atoms with Crippen LogP contribution >= 0.6 is 46.4 Å². The number of carboxylic acid groups (broad SMARTS) is 2. The second kappa shape index (κ2) is 38.0. The van der Waals surface area contributed by atoms with E-state index in [9.17, 15) is 117 Å². The number of carboxylic acids is 2. The molecule has 8 aliphatic rings. The van der Waals surface area contributed by atoms with E-state index < -0.39 is 298 Å². The molecule has 0 amide bonds. The topological polar surface area (TPSA) is 622 Å². The van der Waals surface area contributed by atoms with Gasteiger partial charge in [-0.1, -0.05) is 116 Å². The van der Waals surface area contributed by atoms with Crippen LogP contribution in [0, 0.1) is 0 Å². The summed E-state index contributed by atoms with van der Waals surface area (Å²) in [4.78, 5) is 57.6. The zero-order valence-electron chi connectivity index (χ0n) is 65.1. The number of nitrogens with zero attached hydrogens (tertiary/aromatic N) is 7. The minimum atomic E-state index is -2.58. The number of aliphatic hydroxyl groups is 15. The number of aliphatic carboxylic acids is 2. The molecule has 2 saturated heterocycles. The summed E-state index contributed by atoms with van der Waals surface area (Å²) in [6.07, 6.45) is -17.6. The fraction of sp³-hybridized carbons (Fsp3) is 0.378. The number of halogens is 4. The number of phenolic OH excluding ortho intramolecular Hbond substituents is 4. The zero-order chi connectivity index (χ0) is 89.3. The fourth-order valence-corrected chi connectivity index (χ4v) is 15.9. The molecule has 0 aromatic heterocycles. The lowest BCUT2D eigenvalue weighted by atomic mass is 9.90. The first-order chi connectivity index (χ1) is 59.1. The molecule has 12 unspecified atom stereocenters. The summed E-state index contributed by atoms with van der Waals surface area (Å²) < 4.78 is 43.9. The third kappa shape index (κ3) is 18.9. The Morgan fingerprint density at radius 2 is 1.07 bits per heavy atom. The van der Waals surface area contributed by atoms with Gasteiger partial charge in [0.1, 0.15) is 95.4 Å². The summed E-state index contributed by atoms with van der Waals surface area (Å²) >= 11 is 28.6. The minimum absolute atomic E-state index is 0.125. The van der Waals surface area contributed by atoms with Crippen molar-refractivity contribution in [2.45, 2.75) is 181 Å². The highest BCUT2D eigenvalue weighted by Crippen LogP contribution is 2.53. The molecule has 15 rings (SSSR count). The van der Waals surface area contributed by atoms with Crippen LogP contribution in [0.3, 0.4) is 0 Å². The number of nitrogens with one attached hydrogen (secondary N) is 1. The van der Waals surface area contributed by atoms with E-state index in [4.69, 9.17) is 79.6 Å². The second-order valence-corrected chi connectivity index (χ2v) is 31.3. The number of phenols is 4. The molecule has 19 atom stereocenters. The van der Waals surface area contributed by atoms with Gasteiger partial charge in [0, 0.05) is 40.8 Å². The monoisotopic (exact) mass is 1800 g/mol. The molecule has 17 bridgehead atoms. The SMILES string of the molecule is CCCCCCCCCCC(O)=NC1C(Oc2c3cc4cc2Oc2c(Cl)cc(cc2Cl)[C@@H](O)[C@@H]2N=C(O)C(N=C(O)[C@@H]4N=C(O)[C@H]4N=C(O)[C@H](N=C(O)[C@H](NC)c5ccc(O)c(c5)Oc5cc(O)c(Cl)c4c5)C(O)c4ccc(c(Cl)c4)O3)c3ccc(O)c(c3)-c3c(OC4OC(CO)C(O)C(O)C4O)cc(O)cc3[C@@H](C(=O)O)N=C2O)OC(C(=O)O)C(O)C1O. The average Bonchev–Trinajstić information content (AvgIpc) is 0.760. The number of benzene rings is 7. The lowest BCUT2D eigenvalue weighted by molar-refractivity contribution is -0.277. The van der Waals surface area contributed by atoms with Crippen molar-refractivity contribution in [1.82, 2.24) is 5.32 Å². The van der Waals surface area contributed by atoms with E-state index in [0.717, 1.165) is 117 Å². The van der Waals surface area contributed by atoms with Crippen molar-refractivity contribution in [2.75, 3.05) is 13.7 Å². The largest absolute Gasteiger partial charge is 0.508 e. The Balaban J connectivity index is 1.12. The summed E-state index contributed by atoms with van der Waals surface area (Å²) in [7, 11) is 1.38. The highest BCUT2D eigenvalue weighted by molar-refractivity contribution is 6.37. The van der Waals surface area contributed by atoms with Crippen molar-refractivity contribution < 1.29 is 150 Å². The second-order valence-electron chi connectivity index (χ2n) is 29.7. The van der Waals surface area contributed by atoms with Gasteiger partial charge in [-0.05, 0) is 114 Å². The predicted molar refractivity (Wildman–Crippen MR) is 444 cm³/mol. The molecule has 0 aliphatic carbocycles. The molecular weight excluding hydrogens is 1720 g/mol. The van der Waals surface area contributed by atoms with E-state index in [1.54, 1.807) is 0 Å². The molecule has 0 spiro atoms. The summed E-state index contributed by atoms with van der Waals surface area (Å²) in [5.74, 6) is -20.7. The number of aliphatic imine (C=N–C) groups is 7. The van der Waals surface area contributed by atoms with E-state index in [-0.39, 0.29) is 23.3 Å². The highest BCUT2D eigenvalue weighted by Gasteiger charge is 2.51. The van der Waals surface area contributed by atoms with Gasteiger partial charge in [0.2, 0.25) is 53.7 Å². The van der Waals surface area contributed by atoms with Crippen LogP contribution in [0.4, 0.5) is 0 Å². The Morgan fingerprint density at radius 1 is 0.484 bits per heavy atom. The van der Waals surface area contributed by atoms with Gasteiger partial charge in [-0.2, -0.15) is 0 Å². The summed E-state index contributed by atoms with van der Waals surface area (Å²) in [5, 5.41) is 250. The molecule has 124 heavy (non-hydrogen) atoms. The van der Waals surface area contributed by atoms with Gasteiger partial charge in [-0.3, -0.25) is 0 Å². The Morgan fingerprint density at radius 3 is 1.73 bits per heavy atom. The summed E-state index contributed by atoms with van der Waals surface area (Å²) in [6.45, 7) is 1.08. The van der Waals surface area contributed by atoms with Crippen molar-refractivity contribution >= 4 is 99.6 Å². The quantitative estimate of drug-likeness (QED) is 0.0216. The normalized spacial score (nSPS) is 27.0. The Kier molecular flexibility index (Phi) is 27.7. The third-order valence-corrected chi connectivity index (χ3v) is 22.6. The molecule has 8 heterocycles. The smallest absolute Gasteiger partial charge is 0.335 e. The van der Waals surface area contributed by atoms with Gasteiger partial charge in [0.05, 0.1) is 26.7 Å². The standard InChI is InChI=1S/C82H84Cl4N8O30/c1-3-4-5-6-7-8-9-10-11-52(100)88-62-66(104)68(106)72(80(116)117)124-81(62)123-71-49-23-33-24-50(71)120-70-41(84)20-34(21-42(70)85)64(102)61-78(113)92-59(79(114)115)38-25-35(96)26-48(121-82-69(107)67(105)65(103)51(29-95)122-82)53(38)37-18-30(12-15-43(37)97)56(74(109)94-61)89-75(110)57(33)90-76(111)58-39-27-36(28-45(99)54(39)86)118-47-22-31(13-16-44(47)98)55(87-2)73(108)93-60(77(112)91-58)63(101)32-14-17-46(119-49)40(83)19-32/h12-28,51,55-69,72,81-82,87,95-99,101-107H,3-11,29H2,1-2H3,(H,88,100)(H,89,110)(H,90,111)(H,91,112)(H,92,113)(H,93,108)(H,94,109)(H,114,115)(H,116,117)/t51?,55-,56?,57-,58+,59+,60-,61+,62?,63?,64-,65?,66?,67?,68?,69?,72?,81?,82?/m1/s1. The Labute approximate surface area is 722 Å². The van der Waals surface area contributed by atoms with E-state index in [1.165, 1.54) is 31.3 Å². The number of carbonyl (C=O) groups is 2. The first kappa shape index (κ1) is 90.4. The van der Waals surface area contributed by atoms with E-state index in [2.05, 4.69) is 47.2 Å². The van der Waals surface area contributed by atoms with Crippen LogP contribution in [0.15, 0.2) is 138 Å². The number of aromatic hydroxyl groups is 4. The fourth-order valence-electron chi connectivity index (χ4n) is 14.8. The van der Waals surface area contributed by atoms with Crippen molar-refractivity contribution in [3.8, 4) is 80.1 Å². The number of fused-ring (bicyclic) bond motifs is 12. The molecule has 2 fully saturated rings.